The minimum absolute atomic E-state index is 0.0531. The van der Waals surface area contributed by atoms with Crippen LogP contribution in [0.25, 0.3) is 32.9 Å². The molecule has 0 aliphatic rings. The lowest BCUT2D eigenvalue weighted by molar-refractivity contribution is 0.0766. The van der Waals surface area contributed by atoms with Crippen LogP contribution in [0.1, 0.15) is 51.1 Å². The fourth-order valence-electron chi connectivity index (χ4n) is 3.77. The molecular weight excluding hydrogens is 372 g/mol. The third-order valence-electron chi connectivity index (χ3n) is 5.44. The van der Waals surface area contributed by atoms with Crippen molar-refractivity contribution < 1.29 is 9.59 Å². The lowest BCUT2D eigenvalue weighted by Gasteiger charge is -2.18. The van der Waals surface area contributed by atoms with E-state index >= 15 is 0 Å². The van der Waals surface area contributed by atoms with E-state index in [-0.39, 0.29) is 11.8 Å². The van der Waals surface area contributed by atoms with Crippen molar-refractivity contribution in [3.8, 4) is 11.1 Å². The number of aromatic nitrogens is 2. The van der Waals surface area contributed by atoms with Crippen LogP contribution in [0.4, 0.5) is 0 Å². The molecule has 4 aromatic rings. The Bertz CT molecular complexity index is 1290. The summed E-state index contributed by atoms with van der Waals surface area (Å²) in [5.74, 6) is 0.109. The number of nitrogens with zero attached hydrogens (tertiary/aromatic N) is 2. The van der Waals surface area contributed by atoms with Gasteiger partial charge in [0, 0.05) is 39.6 Å². The maximum atomic E-state index is 13.1. The first-order chi connectivity index (χ1) is 14.0. The van der Waals surface area contributed by atoms with Gasteiger partial charge in [0.05, 0.1) is 11.0 Å². The normalized spacial score (nSPS) is 12.6. The predicted molar refractivity (Wildman–Crippen MR) is 123 cm³/mol. The molecule has 4 heteroatoms. The summed E-state index contributed by atoms with van der Waals surface area (Å²) in [6.45, 7) is 11.6. The Kier molecular flexibility index (Phi) is 4.50. The van der Waals surface area contributed by atoms with Gasteiger partial charge in [-0.2, -0.15) is 0 Å². The van der Waals surface area contributed by atoms with Crippen molar-refractivity contribution in [2.24, 2.45) is 10.8 Å². The van der Waals surface area contributed by atoms with Crippen LogP contribution in [0.5, 0.6) is 0 Å². The second kappa shape index (κ2) is 6.69. The van der Waals surface area contributed by atoms with E-state index in [4.69, 9.17) is 0 Å². The van der Waals surface area contributed by atoms with Crippen molar-refractivity contribution in [2.45, 2.75) is 41.5 Å². The zero-order chi connectivity index (χ0) is 21.8. The van der Waals surface area contributed by atoms with E-state index in [1.54, 1.807) is 9.13 Å². The number of hydrogen-bond acceptors (Lipinski definition) is 2. The standard InChI is InChI=1S/C26H28N2O2/c1-25(2,3)23(29)27-14-13-17-11-12-18(15-22(17)27)20-16-28(24(30)26(4,5)6)21-10-8-7-9-19(20)21/h7-16H,1-6H3. The van der Waals surface area contributed by atoms with E-state index in [1.807, 2.05) is 96.4 Å². The molecule has 0 amide bonds. The molecule has 30 heavy (non-hydrogen) atoms. The van der Waals surface area contributed by atoms with E-state index in [1.165, 1.54) is 0 Å². The second-order valence-electron chi connectivity index (χ2n) is 10.00. The Labute approximate surface area is 177 Å². The van der Waals surface area contributed by atoms with E-state index in [9.17, 15) is 9.59 Å². The van der Waals surface area contributed by atoms with Crippen LogP contribution in [-0.2, 0) is 0 Å². The van der Waals surface area contributed by atoms with Gasteiger partial charge in [-0.25, -0.2) is 0 Å². The Hall–Kier alpha value is -3.14. The molecule has 154 valence electrons. The average Bonchev–Trinajstić information content (AvgIpc) is 3.26. The fraction of sp³-hybridized carbons (Fsp3) is 0.308. The van der Waals surface area contributed by atoms with Crippen molar-refractivity contribution in [3.05, 3.63) is 60.9 Å². The van der Waals surface area contributed by atoms with E-state index in [0.717, 1.165) is 32.9 Å². The zero-order valence-electron chi connectivity index (χ0n) is 18.5. The monoisotopic (exact) mass is 400 g/mol. The SMILES string of the molecule is CC(C)(C)C(=O)n1ccc2ccc(-c3cn(C(=O)C(C)(C)C)c4ccccc34)cc21. The summed E-state index contributed by atoms with van der Waals surface area (Å²) in [4.78, 5) is 26.0. The molecule has 0 bridgehead atoms. The number of para-hydroxylation sites is 1. The lowest BCUT2D eigenvalue weighted by Crippen LogP contribution is -2.26. The van der Waals surface area contributed by atoms with Gasteiger partial charge >= 0.3 is 0 Å². The first-order valence-electron chi connectivity index (χ1n) is 10.3. The summed E-state index contributed by atoms with van der Waals surface area (Å²) in [7, 11) is 0. The number of rotatable bonds is 1. The number of fused-ring (bicyclic) bond motifs is 2. The average molecular weight is 401 g/mol. The third-order valence-corrected chi connectivity index (χ3v) is 5.44. The molecule has 0 unspecified atom stereocenters. The molecule has 2 aromatic carbocycles. The van der Waals surface area contributed by atoms with Crippen LogP contribution >= 0.6 is 0 Å². The first-order valence-corrected chi connectivity index (χ1v) is 10.3. The summed E-state index contributed by atoms with van der Waals surface area (Å²) >= 11 is 0. The van der Waals surface area contributed by atoms with Crippen LogP contribution in [0.2, 0.25) is 0 Å². The van der Waals surface area contributed by atoms with Gasteiger partial charge in [-0.3, -0.25) is 18.7 Å². The van der Waals surface area contributed by atoms with Gasteiger partial charge in [0.1, 0.15) is 0 Å². The molecule has 0 spiro atoms. The van der Waals surface area contributed by atoms with Crippen LogP contribution in [-0.4, -0.2) is 20.9 Å². The molecular formula is C26H28N2O2. The number of hydrogen-bond donors (Lipinski definition) is 0. The lowest BCUT2D eigenvalue weighted by atomic mass is 9.95. The Morgan fingerprint density at radius 1 is 0.733 bits per heavy atom. The topological polar surface area (TPSA) is 44.0 Å². The Morgan fingerprint density at radius 3 is 2.03 bits per heavy atom. The highest BCUT2D eigenvalue weighted by atomic mass is 16.2. The minimum Gasteiger partial charge on any atom is -0.287 e. The van der Waals surface area contributed by atoms with Gasteiger partial charge < -0.3 is 0 Å². The summed E-state index contributed by atoms with van der Waals surface area (Å²) in [5, 5.41) is 2.04. The molecule has 2 aromatic heterocycles. The molecule has 4 nitrogen and oxygen atoms in total. The number of carbonyl (C=O) groups is 2. The molecule has 4 rings (SSSR count). The molecule has 2 heterocycles. The Balaban J connectivity index is 1.93. The molecule has 0 fully saturated rings. The highest BCUT2D eigenvalue weighted by Gasteiger charge is 2.26. The summed E-state index contributed by atoms with van der Waals surface area (Å²) in [6, 6.07) is 16.1. The maximum absolute atomic E-state index is 13.1. The van der Waals surface area contributed by atoms with Crippen LogP contribution < -0.4 is 0 Å². The minimum atomic E-state index is -0.489. The van der Waals surface area contributed by atoms with Crippen molar-refractivity contribution in [1.29, 1.82) is 0 Å². The van der Waals surface area contributed by atoms with Crippen LogP contribution in [0, 0.1) is 10.8 Å². The van der Waals surface area contributed by atoms with Gasteiger partial charge in [-0.1, -0.05) is 71.9 Å². The zero-order valence-corrected chi connectivity index (χ0v) is 18.5. The van der Waals surface area contributed by atoms with Crippen molar-refractivity contribution in [3.63, 3.8) is 0 Å². The smallest absolute Gasteiger partial charge is 0.236 e. The number of benzene rings is 2. The number of carbonyl (C=O) groups excluding carboxylic acids is 2. The third kappa shape index (κ3) is 3.26. The summed E-state index contributed by atoms with van der Waals surface area (Å²) in [6.07, 6.45) is 3.77. The van der Waals surface area contributed by atoms with Gasteiger partial charge in [-0.15, -0.1) is 0 Å². The van der Waals surface area contributed by atoms with Gasteiger partial charge in [0.15, 0.2) is 0 Å². The van der Waals surface area contributed by atoms with Crippen molar-refractivity contribution in [2.75, 3.05) is 0 Å². The molecule has 0 N–H and O–H groups in total. The fourth-order valence-corrected chi connectivity index (χ4v) is 3.77. The first kappa shape index (κ1) is 20.1. The van der Waals surface area contributed by atoms with E-state index in [0.29, 0.717) is 0 Å². The van der Waals surface area contributed by atoms with E-state index in [2.05, 4.69) is 6.07 Å². The largest absolute Gasteiger partial charge is 0.287 e. The highest BCUT2D eigenvalue weighted by molar-refractivity contribution is 6.04. The van der Waals surface area contributed by atoms with Crippen LogP contribution in [0.3, 0.4) is 0 Å². The predicted octanol–water partition coefficient (Wildman–Crippen LogP) is 6.64. The molecule has 0 aliphatic heterocycles. The van der Waals surface area contributed by atoms with Gasteiger partial charge in [0.25, 0.3) is 0 Å². The molecule has 0 aliphatic carbocycles. The molecule has 0 saturated carbocycles. The van der Waals surface area contributed by atoms with Crippen molar-refractivity contribution >= 4 is 33.6 Å². The molecule has 0 radical (unpaired) electrons. The Morgan fingerprint density at radius 2 is 1.37 bits per heavy atom. The van der Waals surface area contributed by atoms with E-state index < -0.39 is 10.8 Å². The van der Waals surface area contributed by atoms with Crippen molar-refractivity contribution in [1.82, 2.24) is 9.13 Å². The maximum Gasteiger partial charge on any atom is 0.236 e. The molecule has 0 saturated heterocycles. The molecule has 0 atom stereocenters. The van der Waals surface area contributed by atoms with Crippen LogP contribution in [0.15, 0.2) is 60.9 Å². The summed E-state index contributed by atoms with van der Waals surface area (Å²) in [5.41, 5.74) is 2.79. The summed E-state index contributed by atoms with van der Waals surface area (Å²) < 4.78 is 3.49. The van der Waals surface area contributed by atoms with Gasteiger partial charge in [-0.05, 0) is 23.8 Å². The quantitative estimate of drug-likeness (QED) is 0.360. The van der Waals surface area contributed by atoms with Gasteiger partial charge in [0.2, 0.25) is 11.8 Å². The second-order valence-corrected chi connectivity index (χ2v) is 10.00. The highest BCUT2D eigenvalue weighted by Crippen LogP contribution is 2.34.